The largest absolute Gasteiger partial charge is 0.462 e. The van der Waals surface area contributed by atoms with E-state index in [0.29, 0.717) is 29.3 Å². The highest BCUT2D eigenvalue weighted by Gasteiger charge is 2.26. The lowest BCUT2D eigenvalue weighted by molar-refractivity contribution is -0.115. The number of thiophene rings is 1. The summed E-state index contributed by atoms with van der Waals surface area (Å²) < 4.78 is 5.26. The van der Waals surface area contributed by atoms with Crippen molar-refractivity contribution in [2.75, 3.05) is 17.7 Å². The molecule has 0 fully saturated rings. The molecule has 1 aliphatic rings. The Labute approximate surface area is 167 Å². The molecule has 1 aliphatic carbocycles. The van der Waals surface area contributed by atoms with Crippen molar-refractivity contribution in [1.82, 2.24) is 4.98 Å². The number of nitrogens with one attached hydrogen (secondary N) is 1. The molecule has 0 bridgehead atoms. The van der Waals surface area contributed by atoms with Crippen LogP contribution in [0.2, 0.25) is 0 Å². The van der Waals surface area contributed by atoms with Crippen molar-refractivity contribution in [2.45, 2.75) is 50.5 Å². The molecule has 0 saturated heterocycles. The maximum absolute atomic E-state index is 12.5. The monoisotopic (exact) mass is 404 g/mol. The summed E-state index contributed by atoms with van der Waals surface area (Å²) in [6, 6.07) is 5.73. The van der Waals surface area contributed by atoms with Crippen LogP contribution in [-0.2, 0) is 22.4 Å². The Morgan fingerprint density at radius 3 is 2.89 bits per heavy atom. The number of anilines is 1. The number of carbonyl (C=O) groups is 2. The summed E-state index contributed by atoms with van der Waals surface area (Å²) in [7, 11) is 0. The Bertz CT molecular complexity index is 790. The molecule has 2 heterocycles. The SMILES string of the molecule is CCOC(=O)c1c(NC(=O)CCSc2ccccn2)sc2c1CCCCC2. The van der Waals surface area contributed by atoms with Gasteiger partial charge in [0.05, 0.1) is 17.2 Å². The molecule has 27 heavy (non-hydrogen) atoms. The molecule has 144 valence electrons. The Morgan fingerprint density at radius 2 is 2.11 bits per heavy atom. The van der Waals surface area contributed by atoms with Crippen LogP contribution in [0.4, 0.5) is 5.00 Å². The zero-order valence-corrected chi connectivity index (χ0v) is 17.1. The highest BCUT2D eigenvalue weighted by Crippen LogP contribution is 2.38. The van der Waals surface area contributed by atoms with Crippen LogP contribution in [0, 0.1) is 0 Å². The third kappa shape index (κ3) is 5.32. The third-order valence-corrected chi connectivity index (χ3v) is 6.52. The Kier molecular flexibility index (Phi) is 7.29. The van der Waals surface area contributed by atoms with Gasteiger partial charge in [-0.05, 0) is 50.3 Å². The van der Waals surface area contributed by atoms with Crippen molar-refractivity contribution in [1.29, 1.82) is 0 Å². The number of rotatable bonds is 7. The fourth-order valence-corrected chi connectivity index (χ4v) is 5.22. The lowest BCUT2D eigenvalue weighted by Gasteiger charge is -2.08. The minimum absolute atomic E-state index is 0.0830. The molecule has 7 heteroatoms. The first-order chi connectivity index (χ1) is 13.2. The fourth-order valence-electron chi connectivity index (χ4n) is 3.12. The number of ether oxygens (including phenoxy) is 1. The predicted molar refractivity (Wildman–Crippen MR) is 110 cm³/mol. The topological polar surface area (TPSA) is 68.3 Å². The van der Waals surface area contributed by atoms with E-state index in [4.69, 9.17) is 4.74 Å². The fraction of sp³-hybridized carbons (Fsp3) is 0.450. The molecule has 0 saturated carbocycles. The molecule has 2 aromatic rings. The normalized spacial score (nSPS) is 13.5. The number of aromatic nitrogens is 1. The first-order valence-corrected chi connectivity index (χ1v) is 11.1. The highest BCUT2D eigenvalue weighted by atomic mass is 32.2. The van der Waals surface area contributed by atoms with Gasteiger partial charge in [0.2, 0.25) is 5.91 Å². The van der Waals surface area contributed by atoms with E-state index in [1.165, 1.54) is 22.6 Å². The van der Waals surface area contributed by atoms with Gasteiger partial charge in [-0.3, -0.25) is 4.79 Å². The quantitative estimate of drug-likeness (QED) is 0.411. The summed E-state index contributed by atoms with van der Waals surface area (Å²) in [4.78, 5) is 30.4. The van der Waals surface area contributed by atoms with E-state index in [1.807, 2.05) is 18.2 Å². The van der Waals surface area contributed by atoms with Gasteiger partial charge in [0.25, 0.3) is 0 Å². The van der Waals surface area contributed by atoms with Crippen LogP contribution in [0.25, 0.3) is 0 Å². The molecule has 0 atom stereocenters. The zero-order valence-electron chi connectivity index (χ0n) is 15.5. The maximum Gasteiger partial charge on any atom is 0.341 e. The van der Waals surface area contributed by atoms with Crippen molar-refractivity contribution in [2.24, 2.45) is 0 Å². The van der Waals surface area contributed by atoms with Gasteiger partial charge in [0.1, 0.15) is 5.00 Å². The number of fused-ring (bicyclic) bond motifs is 1. The summed E-state index contributed by atoms with van der Waals surface area (Å²) in [6.07, 6.45) is 7.34. The number of aryl methyl sites for hydroxylation is 1. The van der Waals surface area contributed by atoms with Gasteiger partial charge in [-0.25, -0.2) is 9.78 Å². The van der Waals surface area contributed by atoms with E-state index in [2.05, 4.69) is 10.3 Å². The Hall–Kier alpha value is -1.86. The van der Waals surface area contributed by atoms with Gasteiger partial charge in [-0.1, -0.05) is 12.5 Å². The number of carbonyl (C=O) groups excluding carboxylic acids is 2. The molecule has 3 rings (SSSR count). The Balaban J connectivity index is 1.67. The summed E-state index contributed by atoms with van der Waals surface area (Å²) in [5.41, 5.74) is 1.65. The summed E-state index contributed by atoms with van der Waals surface area (Å²) >= 11 is 3.08. The molecule has 0 aliphatic heterocycles. The van der Waals surface area contributed by atoms with Crippen molar-refractivity contribution in [3.8, 4) is 0 Å². The van der Waals surface area contributed by atoms with Crippen LogP contribution in [0.1, 0.15) is 53.4 Å². The predicted octanol–water partition coefficient (Wildman–Crippen LogP) is 4.71. The smallest absolute Gasteiger partial charge is 0.341 e. The lowest BCUT2D eigenvalue weighted by atomic mass is 10.1. The number of pyridine rings is 1. The molecule has 0 spiro atoms. The van der Waals surface area contributed by atoms with Crippen LogP contribution >= 0.6 is 23.1 Å². The summed E-state index contributed by atoms with van der Waals surface area (Å²) in [5, 5.41) is 4.51. The molecule has 0 unspecified atom stereocenters. The summed E-state index contributed by atoms with van der Waals surface area (Å²) in [5.74, 6) is 0.235. The number of esters is 1. The van der Waals surface area contributed by atoms with Crippen LogP contribution < -0.4 is 5.32 Å². The third-order valence-electron chi connectivity index (χ3n) is 4.37. The molecule has 1 N–H and O–H groups in total. The lowest BCUT2D eigenvalue weighted by Crippen LogP contribution is -2.15. The molecular weight excluding hydrogens is 380 g/mol. The van der Waals surface area contributed by atoms with E-state index >= 15 is 0 Å². The molecule has 1 amide bonds. The minimum Gasteiger partial charge on any atom is -0.462 e. The standard InChI is InChI=1S/C20H24N2O3S2/c1-2-25-20(24)18-14-8-4-3-5-9-15(14)27-19(18)22-16(23)11-13-26-17-10-6-7-12-21-17/h6-7,10,12H,2-5,8-9,11,13H2,1H3,(H,22,23). The van der Waals surface area contributed by atoms with Crippen molar-refractivity contribution < 1.29 is 14.3 Å². The number of hydrogen-bond acceptors (Lipinski definition) is 6. The molecule has 0 aromatic carbocycles. The van der Waals surface area contributed by atoms with E-state index in [-0.39, 0.29) is 11.9 Å². The molecular formula is C20H24N2O3S2. The van der Waals surface area contributed by atoms with Crippen LogP contribution in [0.3, 0.4) is 0 Å². The average molecular weight is 405 g/mol. The minimum atomic E-state index is -0.324. The summed E-state index contributed by atoms with van der Waals surface area (Å²) in [6.45, 7) is 2.13. The first kappa shape index (κ1) is 19.9. The molecule has 2 aromatic heterocycles. The van der Waals surface area contributed by atoms with Gasteiger partial charge in [-0.15, -0.1) is 23.1 Å². The number of amides is 1. The zero-order chi connectivity index (χ0) is 19.1. The Morgan fingerprint density at radius 1 is 1.26 bits per heavy atom. The highest BCUT2D eigenvalue weighted by molar-refractivity contribution is 7.99. The van der Waals surface area contributed by atoms with Gasteiger partial charge in [0, 0.05) is 23.2 Å². The van der Waals surface area contributed by atoms with Gasteiger partial charge < -0.3 is 10.1 Å². The van der Waals surface area contributed by atoms with E-state index in [0.717, 1.165) is 36.3 Å². The van der Waals surface area contributed by atoms with Crippen molar-refractivity contribution >= 4 is 40.0 Å². The van der Waals surface area contributed by atoms with Crippen LogP contribution in [-0.4, -0.2) is 29.2 Å². The van der Waals surface area contributed by atoms with Gasteiger partial charge in [-0.2, -0.15) is 0 Å². The van der Waals surface area contributed by atoms with E-state index < -0.39 is 0 Å². The second-order valence-electron chi connectivity index (χ2n) is 6.30. The van der Waals surface area contributed by atoms with Crippen LogP contribution in [0.5, 0.6) is 0 Å². The number of hydrogen-bond donors (Lipinski definition) is 1. The van der Waals surface area contributed by atoms with Gasteiger partial charge in [0.15, 0.2) is 0 Å². The van der Waals surface area contributed by atoms with E-state index in [1.54, 1.807) is 24.9 Å². The average Bonchev–Trinajstić information content (AvgIpc) is 2.83. The van der Waals surface area contributed by atoms with Gasteiger partial charge >= 0.3 is 5.97 Å². The first-order valence-electron chi connectivity index (χ1n) is 9.34. The van der Waals surface area contributed by atoms with E-state index in [9.17, 15) is 9.59 Å². The molecule has 5 nitrogen and oxygen atoms in total. The number of thioether (sulfide) groups is 1. The molecule has 0 radical (unpaired) electrons. The number of nitrogens with zero attached hydrogens (tertiary/aromatic N) is 1. The maximum atomic E-state index is 12.5. The van der Waals surface area contributed by atoms with Crippen molar-refractivity contribution in [3.63, 3.8) is 0 Å². The second kappa shape index (κ2) is 9.90. The second-order valence-corrected chi connectivity index (χ2v) is 8.52. The van der Waals surface area contributed by atoms with Crippen molar-refractivity contribution in [3.05, 3.63) is 40.4 Å². The van der Waals surface area contributed by atoms with Crippen LogP contribution in [0.15, 0.2) is 29.4 Å².